The van der Waals surface area contributed by atoms with Gasteiger partial charge in [-0.05, 0) is 35.9 Å². The van der Waals surface area contributed by atoms with Crippen LogP contribution in [-0.2, 0) is 11.2 Å². The molecule has 0 atom stereocenters. The van der Waals surface area contributed by atoms with Gasteiger partial charge in [-0.25, -0.2) is 9.78 Å². The zero-order valence-electron chi connectivity index (χ0n) is 18.0. The van der Waals surface area contributed by atoms with Crippen LogP contribution < -0.4 is 15.8 Å². The quantitative estimate of drug-likeness (QED) is 0.237. The Balaban J connectivity index is 1.47. The maximum Gasteiger partial charge on any atom is 0.341 e. The summed E-state index contributed by atoms with van der Waals surface area (Å²) in [6.07, 6.45) is 0.292. The van der Waals surface area contributed by atoms with Gasteiger partial charge in [0, 0.05) is 17.0 Å². The molecule has 35 heavy (non-hydrogen) atoms. The molecule has 0 aliphatic carbocycles. The number of primary amides is 1. The van der Waals surface area contributed by atoms with E-state index in [1.165, 1.54) is 0 Å². The summed E-state index contributed by atoms with van der Waals surface area (Å²) in [4.78, 5) is 42.3. The highest BCUT2D eigenvalue weighted by atomic mass is 35.5. The lowest BCUT2D eigenvalue weighted by molar-refractivity contribution is -0.139. The molecule has 0 unspecified atom stereocenters. The van der Waals surface area contributed by atoms with Gasteiger partial charge in [0.2, 0.25) is 0 Å². The number of ether oxygens (including phenoxy) is 1. The molecule has 0 saturated heterocycles. The first kappa shape index (κ1) is 23.5. The molecule has 0 spiro atoms. The molecule has 0 saturated carbocycles. The fraction of sp³-hybridized carbons (Fsp3) is 0.0870. The van der Waals surface area contributed by atoms with Crippen molar-refractivity contribution in [2.75, 3.05) is 11.9 Å². The Morgan fingerprint density at radius 3 is 2.46 bits per heavy atom. The Kier molecular flexibility index (Phi) is 6.78. The summed E-state index contributed by atoms with van der Waals surface area (Å²) in [5, 5.41) is 18.7. The van der Waals surface area contributed by atoms with Crippen LogP contribution in [0.3, 0.4) is 0 Å². The molecule has 2 heterocycles. The number of carboxylic acid groups (broad SMARTS) is 1. The van der Waals surface area contributed by atoms with Crippen molar-refractivity contribution in [2.24, 2.45) is 5.73 Å². The van der Waals surface area contributed by atoms with E-state index < -0.39 is 24.4 Å². The first-order valence-corrected chi connectivity index (χ1v) is 10.6. The Bertz CT molecular complexity index is 1380. The van der Waals surface area contributed by atoms with Gasteiger partial charge >= 0.3 is 5.97 Å². The first-order chi connectivity index (χ1) is 16.8. The summed E-state index contributed by atoms with van der Waals surface area (Å²) >= 11 is 5.90. The molecule has 0 aliphatic heterocycles. The number of nitrogens with two attached hydrogens (primary N) is 1. The summed E-state index contributed by atoms with van der Waals surface area (Å²) in [6.45, 7) is -0.444. The van der Waals surface area contributed by atoms with Crippen LogP contribution in [0.1, 0.15) is 32.4 Å². The fourth-order valence-corrected chi connectivity index (χ4v) is 3.33. The van der Waals surface area contributed by atoms with E-state index in [0.29, 0.717) is 28.7 Å². The van der Waals surface area contributed by atoms with Crippen LogP contribution in [-0.4, -0.2) is 49.7 Å². The molecular weight excluding hydrogens is 476 g/mol. The van der Waals surface area contributed by atoms with E-state index in [9.17, 15) is 14.4 Å². The summed E-state index contributed by atoms with van der Waals surface area (Å²) in [7, 11) is 0. The third kappa shape index (κ3) is 5.84. The number of nitrogens with one attached hydrogen (secondary N) is 3. The number of carbonyl (C=O) groups excluding carboxylic acids is 2. The van der Waals surface area contributed by atoms with Crippen molar-refractivity contribution >= 4 is 35.2 Å². The summed E-state index contributed by atoms with van der Waals surface area (Å²) in [5.41, 5.74) is 7.60. The topological polar surface area (TPSA) is 176 Å². The molecule has 0 aliphatic rings. The Morgan fingerprint density at radius 1 is 1.09 bits per heavy atom. The number of aromatic nitrogens is 4. The molecule has 11 nitrogen and oxygen atoms in total. The van der Waals surface area contributed by atoms with Crippen molar-refractivity contribution in [3.63, 3.8) is 0 Å². The van der Waals surface area contributed by atoms with E-state index in [2.05, 4.69) is 25.5 Å². The van der Waals surface area contributed by atoms with Crippen molar-refractivity contribution < 1.29 is 24.2 Å². The lowest BCUT2D eigenvalue weighted by Gasteiger charge is -2.04. The number of aliphatic carboxylic acids is 1. The van der Waals surface area contributed by atoms with Crippen LogP contribution in [0.15, 0.2) is 54.6 Å². The zero-order valence-corrected chi connectivity index (χ0v) is 18.8. The van der Waals surface area contributed by atoms with Crippen LogP contribution in [0.4, 0.5) is 5.82 Å². The predicted molar refractivity (Wildman–Crippen MR) is 126 cm³/mol. The van der Waals surface area contributed by atoms with E-state index >= 15 is 0 Å². The normalized spacial score (nSPS) is 10.7. The summed E-state index contributed by atoms with van der Waals surface area (Å²) in [5.74, 6) is -1.59. The molecular formula is C23H19ClN6O5. The van der Waals surface area contributed by atoms with Gasteiger partial charge in [-0.2, -0.15) is 5.10 Å². The Morgan fingerprint density at radius 2 is 1.80 bits per heavy atom. The lowest BCUT2D eigenvalue weighted by Crippen LogP contribution is -2.18. The molecule has 6 N–H and O–H groups in total. The number of hydrogen-bond acceptors (Lipinski definition) is 6. The van der Waals surface area contributed by atoms with Crippen molar-refractivity contribution in [3.05, 3.63) is 82.4 Å². The molecule has 2 aromatic carbocycles. The van der Waals surface area contributed by atoms with Crippen molar-refractivity contribution in [1.29, 1.82) is 0 Å². The van der Waals surface area contributed by atoms with Crippen molar-refractivity contribution in [3.8, 4) is 17.0 Å². The monoisotopic (exact) mass is 494 g/mol. The van der Waals surface area contributed by atoms with Gasteiger partial charge in [0.1, 0.15) is 23.1 Å². The van der Waals surface area contributed by atoms with Crippen molar-refractivity contribution in [1.82, 2.24) is 20.2 Å². The maximum absolute atomic E-state index is 12.7. The molecule has 12 heteroatoms. The number of rotatable bonds is 9. The minimum atomic E-state index is -1.07. The number of imidazole rings is 1. The smallest absolute Gasteiger partial charge is 0.341 e. The zero-order chi connectivity index (χ0) is 24.9. The predicted octanol–water partition coefficient (Wildman–Crippen LogP) is 2.86. The van der Waals surface area contributed by atoms with Crippen LogP contribution >= 0.6 is 11.6 Å². The number of H-pyrrole nitrogens is 2. The second-order valence-electron chi connectivity index (χ2n) is 7.40. The number of carboxylic acids is 1. The molecule has 178 valence electrons. The molecule has 4 rings (SSSR count). The maximum atomic E-state index is 12.7. The lowest BCUT2D eigenvalue weighted by atomic mass is 10.1. The van der Waals surface area contributed by atoms with Gasteiger partial charge in [-0.15, -0.1) is 0 Å². The average molecular weight is 495 g/mol. The third-order valence-corrected chi connectivity index (χ3v) is 5.10. The number of halogens is 1. The van der Waals surface area contributed by atoms with E-state index in [4.69, 9.17) is 27.2 Å². The standard InChI is InChI=1S/C23H19ClN6O5/c24-14-5-3-13(4-6-14)16-10-17(30-29-16)23(34)28-22-20(21(25)33)26-18(27-22)9-12-1-7-15(8-2-12)35-11-19(31)32/h1-8,10H,9,11H2,(H2,25,33)(H,26,27)(H,28,34)(H,29,30)(H,31,32). The number of amides is 2. The second kappa shape index (κ2) is 10.1. The van der Waals surface area contributed by atoms with Gasteiger partial charge in [-0.1, -0.05) is 35.9 Å². The molecule has 0 bridgehead atoms. The van der Waals surface area contributed by atoms with Crippen molar-refractivity contribution in [2.45, 2.75) is 6.42 Å². The number of hydrogen-bond donors (Lipinski definition) is 5. The largest absolute Gasteiger partial charge is 0.482 e. The van der Waals surface area contributed by atoms with E-state index in [0.717, 1.165) is 11.1 Å². The number of benzene rings is 2. The van der Waals surface area contributed by atoms with Gasteiger partial charge in [0.25, 0.3) is 11.8 Å². The second-order valence-corrected chi connectivity index (χ2v) is 7.84. The van der Waals surface area contributed by atoms with E-state index in [-0.39, 0.29) is 17.2 Å². The summed E-state index contributed by atoms with van der Waals surface area (Å²) < 4.78 is 5.10. The Hall–Kier alpha value is -4.64. The molecule has 2 aromatic heterocycles. The SMILES string of the molecule is NC(=O)c1nc(Cc2ccc(OCC(=O)O)cc2)[nH]c1NC(=O)c1cc(-c2ccc(Cl)cc2)n[nH]1. The average Bonchev–Trinajstić information content (AvgIpc) is 3.47. The number of aromatic amines is 2. The minimum absolute atomic E-state index is 0.0570. The number of carbonyl (C=O) groups is 3. The van der Waals surface area contributed by atoms with Crippen LogP contribution in [0.2, 0.25) is 5.02 Å². The van der Waals surface area contributed by atoms with Gasteiger partial charge in [0.15, 0.2) is 12.3 Å². The van der Waals surface area contributed by atoms with E-state index in [1.54, 1.807) is 54.6 Å². The molecule has 4 aromatic rings. The van der Waals surface area contributed by atoms with Crippen LogP contribution in [0, 0.1) is 0 Å². The van der Waals surface area contributed by atoms with Crippen LogP contribution in [0.5, 0.6) is 5.75 Å². The minimum Gasteiger partial charge on any atom is -0.482 e. The summed E-state index contributed by atoms with van der Waals surface area (Å²) in [6, 6.07) is 15.2. The highest BCUT2D eigenvalue weighted by molar-refractivity contribution is 6.30. The van der Waals surface area contributed by atoms with E-state index in [1.807, 2.05) is 0 Å². The molecule has 2 amide bonds. The van der Waals surface area contributed by atoms with Crippen LogP contribution in [0.25, 0.3) is 11.3 Å². The van der Waals surface area contributed by atoms with Gasteiger partial charge in [-0.3, -0.25) is 14.7 Å². The first-order valence-electron chi connectivity index (χ1n) is 10.2. The number of anilines is 1. The number of nitrogens with zero attached hydrogens (tertiary/aromatic N) is 2. The molecule has 0 radical (unpaired) electrons. The Labute approximate surface area is 203 Å². The fourth-order valence-electron chi connectivity index (χ4n) is 3.20. The third-order valence-electron chi connectivity index (χ3n) is 4.84. The highest BCUT2D eigenvalue weighted by Gasteiger charge is 2.19. The van der Waals surface area contributed by atoms with Gasteiger partial charge < -0.3 is 25.9 Å². The highest BCUT2D eigenvalue weighted by Crippen LogP contribution is 2.22. The molecule has 0 fully saturated rings. The van der Waals surface area contributed by atoms with Gasteiger partial charge in [0.05, 0.1) is 5.69 Å².